The number of para-hydroxylation sites is 6. The molecule has 0 bridgehead atoms. The van der Waals surface area contributed by atoms with Crippen molar-refractivity contribution in [2.75, 3.05) is 0 Å². The Hall–Kier alpha value is -5.34. The average molecular weight is 511 g/mol. The summed E-state index contributed by atoms with van der Waals surface area (Å²) < 4.78 is 4.79. The van der Waals surface area contributed by atoms with Gasteiger partial charge in [0, 0.05) is 32.9 Å². The van der Waals surface area contributed by atoms with E-state index in [-0.39, 0.29) is 0 Å². The molecule has 0 spiro atoms. The smallest absolute Gasteiger partial charge is 0.0613 e. The Bertz CT molecular complexity index is 2040. The first kappa shape index (κ1) is 22.6. The Morgan fingerprint density at radius 2 is 0.700 bits per heavy atom. The molecule has 0 saturated carbocycles. The second-order valence-corrected chi connectivity index (χ2v) is 10.2. The Kier molecular flexibility index (Phi) is 5.17. The maximum atomic E-state index is 2.39. The Balaban J connectivity index is 1.39. The molecule has 2 heterocycles. The fourth-order valence-electron chi connectivity index (χ4n) is 6.23. The van der Waals surface area contributed by atoms with Gasteiger partial charge in [-0.2, -0.15) is 0 Å². The van der Waals surface area contributed by atoms with Crippen molar-refractivity contribution in [3.05, 3.63) is 157 Å². The fraction of sp³-hybridized carbons (Fsp3) is 0. The van der Waals surface area contributed by atoms with E-state index in [9.17, 15) is 0 Å². The number of benzene rings is 6. The highest BCUT2D eigenvalue weighted by Gasteiger charge is 2.16. The van der Waals surface area contributed by atoms with E-state index in [2.05, 4.69) is 167 Å². The van der Waals surface area contributed by atoms with Gasteiger partial charge in [0.1, 0.15) is 0 Å². The van der Waals surface area contributed by atoms with Crippen molar-refractivity contribution in [2.24, 2.45) is 0 Å². The van der Waals surface area contributed by atoms with Gasteiger partial charge in [-0.05, 0) is 47.5 Å². The number of fused-ring (bicyclic) bond motifs is 6. The minimum Gasteiger partial charge on any atom is -0.309 e. The zero-order chi connectivity index (χ0) is 26.5. The largest absolute Gasteiger partial charge is 0.309 e. The normalized spacial score (nSPS) is 11.9. The van der Waals surface area contributed by atoms with E-state index in [1.807, 2.05) is 0 Å². The van der Waals surface area contributed by atoms with Gasteiger partial charge in [-0.3, -0.25) is 0 Å². The third kappa shape index (κ3) is 3.43. The third-order valence-corrected chi connectivity index (χ3v) is 7.92. The second kappa shape index (κ2) is 9.14. The maximum Gasteiger partial charge on any atom is 0.0613 e. The van der Waals surface area contributed by atoms with Crippen LogP contribution in [0.5, 0.6) is 0 Å². The van der Waals surface area contributed by atoms with Gasteiger partial charge < -0.3 is 9.13 Å². The highest BCUT2D eigenvalue weighted by atomic mass is 15.0. The molecule has 2 heteroatoms. The van der Waals surface area contributed by atoms with E-state index in [4.69, 9.17) is 0 Å². The molecule has 0 N–H and O–H groups in total. The van der Waals surface area contributed by atoms with Crippen molar-refractivity contribution in [3.8, 4) is 11.4 Å². The van der Waals surface area contributed by atoms with Crippen LogP contribution < -0.4 is 0 Å². The van der Waals surface area contributed by atoms with E-state index in [1.165, 1.54) is 66.1 Å². The minimum atomic E-state index is 1.17. The molecule has 8 rings (SSSR count). The highest BCUT2D eigenvalue weighted by Crippen LogP contribution is 2.37. The topological polar surface area (TPSA) is 9.86 Å². The standard InChI is InChI=1S/C38H26N2/c1-3-15-29(16-4-1)39-35-23-9-7-19-31(35)33-21-11-13-27(37(33)39)25-26-28-14-12-22-34-32-20-8-10-24-36(32)40(38(28)34)30-17-5-2-6-18-30/h1-26H/b26-25+. The van der Waals surface area contributed by atoms with Gasteiger partial charge in [-0.1, -0.05) is 121 Å². The van der Waals surface area contributed by atoms with Crippen LogP contribution in [0.25, 0.3) is 67.1 Å². The summed E-state index contributed by atoms with van der Waals surface area (Å²) >= 11 is 0. The Labute approximate surface area is 232 Å². The van der Waals surface area contributed by atoms with Crippen molar-refractivity contribution in [1.29, 1.82) is 0 Å². The summed E-state index contributed by atoms with van der Waals surface area (Å²) in [5, 5.41) is 5.06. The summed E-state index contributed by atoms with van der Waals surface area (Å²) in [4.78, 5) is 0. The van der Waals surface area contributed by atoms with Crippen LogP contribution in [0.3, 0.4) is 0 Å². The van der Waals surface area contributed by atoms with Crippen molar-refractivity contribution in [1.82, 2.24) is 9.13 Å². The summed E-state index contributed by atoms with van der Waals surface area (Å²) in [6.07, 6.45) is 4.56. The summed E-state index contributed by atoms with van der Waals surface area (Å²) in [6.45, 7) is 0. The van der Waals surface area contributed by atoms with Gasteiger partial charge in [-0.25, -0.2) is 0 Å². The first-order valence-electron chi connectivity index (χ1n) is 13.7. The maximum absolute atomic E-state index is 2.39. The molecule has 2 aromatic heterocycles. The van der Waals surface area contributed by atoms with Crippen LogP contribution in [-0.4, -0.2) is 9.13 Å². The molecule has 0 unspecified atom stereocenters. The predicted octanol–water partition coefficient (Wildman–Crippen LogP) is 10.1. The van der Waals surface area contributed by atoms with Crippen LogP contribution in [0, 0.1) is 0 Å². The van der Waals surface area contributed by atoms with Gasteiger partial charge in [0.2, 0.25) is 0 Å². The van der Waals surface area contributed by atoms with Crippen molar-refractivity contribution < 1.29 is 0 Å². The van der Waals surface area contributed by atoms with E-state index >= 15 is 0 Å². The van der Waals surface area contributed by atoms with E-state index in [0.29, 0.717) is 0 Å². The molecular weight excluding hydrogens is 484 g/mol. The molecule has 0 amide bonds. The molecule has 0 atom stereocenters. The van der Waals surface area contributed by atoms with Crippen molar-refractivity contribution >= 4 is 55.8 Å². The van der Waals surface area contributed by atoms with Crippen LogP contribution >= 0.6 is 0 Å². The minimum absolute atomic E-state index is 1.17. The van der Waals surface area contributed by atoms with Gasteiger partial charge in [0.25, 0.3) is 0 Å². The SMILES string of the molecule is C(=C\c1cccc2c3ccccc3n(-c3ccccc3)c12)/c1cccc2c3ccccc3n(-c3ccccc3)c12. The molecule has 8 aromatic rings. The summed E-state index contributed by atoms with van der Waals surface area (Å²) in [7, 11) is 0. The molecule has 0 saturated heterocycles. The zero-order valence-corrected chi connectivity index (χ0v) is 21.9. The van der Waals surface area contributed by atoms with Crippen LogP contribution in [0.15, 0.2) is 146 Å². The number of rotatable bonds is 4. The predicted molar refractivity (Wildman–Crippen MR) is 170 cm³/mol. The van der Waals surface area contributed by atoms with E-state index in [1.54, 1.807) is 0 Å². The lowest BCUT2D eigenvalue weighted by atomic mass is 10.1. The molecule has 6 aromatic carbocycles. The third-order valence-electron chi connectivity index (χ3n) is 7.92. The van der Waals surface area contributed by atoms with Gasteiger partial charge in [0.05, 0.1) is 22.1 Å². The molecule has 0 aliphatic heterocycles. The van der Waals surface area contributed by atoms with E-state index < -0.39 is 0 Å². The summed E-state index contributed by atoms with van der Waals surface area (Å²) in [5.74, 6) is 0. The number of nitrogens with zero attached hydrogens (tertiary/aromatic N) is 2. The van der Waals surface area contributed by atoms with Crippen molar-refractivity contribution in [2.45, 2.75) is 0 Å². The molecule has 2 nitrogen and oxygen atoms in total. The zero-order valence-electron chi connectivity index (χ0n) is 21.9. The fourth-order valence-corrected chi connectivity index (χ4v) is 6.23. The molecule has 0 radical (unpaired) electrons. The second-order valence-electron chi connectivity index (χ2n) is 10.2. The van der Waals surface area contributed by atoms with Gasteiger partial charge in [0.15, 0.2) is 0 Å². The molecule has 0 fully saturated rings. The summed E-state index contributed by atoms with van der Waals surface area (Å²) in [5.41, 5.74) is 9.60. The molecule has 40 heavy (non-hydrogen) atoms. The number of aromatic nitrogens is 2. The Morgan fingerprint density at radius 3 is 1.15 bits per heavy atom. The van der Waals surface area contributed by atoms with Crippen LogP contribution in [-0.2, 0) is 0 Å². The monoisotopic (exact) mass is 510 g/mol. The quantitative estimate of drug-likeness (QED) is 0.208. The van der Waals surface area contributed by atoms with Crippen LogP contribution in [0.4, 0.5) is 0 Å². The molecule has 0 aliphatic carbocycles. The molecule has 0 aliphatic rings. The van der Waals surface area contributed by atoms with Crippen LogP contribution in [0.1, 0.15) is 11.1 Å². The molecular formula is C38H26N2. The lowest BCUT2D eigenvalue weighted by Gasteiger charge is -2.10. The molecule has 188 valence electrons. The number of hydrogen-bond donors (Lipinski definition) is 0. The summed E-state index contributed by atoms with van der Waals surface area (Å²) in [6, 6.07) is 52.0. The van der Waals surface area contributed by atoms with Gasteiger partial charge >= 0.3 is 0 Å². The van der Waals surface area contributed by atoms with E-state index in [0.717, 1.165) is 0 Å². The Morgan fingerprint density at radius 1 is 0.325 bits per heavy atom. The average Bonchev–Trinajstić information content (AvgIpc) is 3.55. The first-order valence-corrected chi connectivity index (χ1v) is 13.7. The van der Waals surface area contributed by atoms with Gasteiger partial charge in [-0.15, -0.1) is 0 Å². The first-order chi connectivity index (χ1) is 19.9. The lowest BCUT2D eigenvalue weighted by molar-refractivity contribution is 1.18. The highest BCUT2D eigenvalue weighted by molar-refractivity contribution is 6.14. The lowest BCUT2D eigenvalue weighted by Crippen LogP contribution is -1.95. The number of hydrogen-bond acceptors (Lipinski definition) is 0. The van der Waals surface area contributed by atoms with Crippen LogP contribution in [0.2, 0.25) is 0 Å². The van der Waals surface area contributed by atoms with Crippen molar-refractivity contribution in [3.63, 3.8) is 0 Å².